The number of nitrogens with zero attached hydrogens (tertiary/aromatic N) is 4. The molecule has 3 heterocycles. The molecule has 1 saturated heterocycles. The monoisotopic (exact) mass is 328 g/mol. The summed E-state index contributed by atoms with van der Waals surface area (Å²) in [6.45, 7) is 10.2. The number of carbonyl (C=O) groups excluding carboxylic acids is 1. The van der Waals surface area contributed by atoms with E-state index in [1.165, 1.54) is 6.20 Å². The third-order valence-corrected chi connectivity index (χ3v) is 5.91. The molecule has 24 heavy (non-hydrogen) atoms. The third kappa shape index (κ3) is 2.05. The van der Waals surface area contributed by atoms with Gasteiger partial charge in [-0.2, -0.15) is 5.10 Å². The summed E-state index contributed by atoms with van der Waals surface area (Å²) in [7, 11) is 0. The fourth-order valence-corrected chi connectivity index (χ4v) is 4.55. The summed E-state index contributed by atoms with van der Waals surface area (Å²) in [5.41, 5.74) is 1.45. The van der Waals surface area contributed by atoms with Crippen molar-refractivity contribution < 1.29 is 9.53 Å². The lowest BCUT2D eigenvalue weighted by Gasteiger charge is -2.31. The van der Waals surface area contributed by atoms with Gasteiger partial charge in [0.2, 0.25) is 0 Å². The zero-order chi connectivity index (χ0) is 17.1. The Morgan fingerprint density at radius 2 is 2.21 bits per heavy atom. The van der Waals surface area contributed by atoms with E-state index in [9.17, 15) is 4.79 Å². The highest BCUT2D eigenvalue weighted by molar-refractivity contribution is 5.95. The first-order valence-electron chi connectivity index (χ1n) is 8.77. The van der Waals surface area contributed by atoms with Crippen LogP contribution in [0.4, 0.5) is 5.82 Å². The molecule has 128 valence electrons. The Balaban J connectivity index is 1.68. The van der Waals surface area contributed by atoms with Crippen LogP contribution in [0.5, 0.6) is 0 Å². The summed E-state index contributed by atoms with van der Waals surface area (Å²) in [6.07, 6.45) is 4.52. The Kier molecular flexibility index (Phi) is 3.34. The number of aromatic nitrogens is 3. The topological polar surface area (TPSA) is 59.7 Å². The average molecular weight is 328 g/mol. The molecule has 1 aliphatic carbocycles. The lowest BCUT2D eigenvalue weighted by atomic mass is 9.99. The van der Waals surface area contributed by atoms with Crippen LogP contribution in [-0.2, 0) is 4.74 Å². The van der Waals surface area contributed by atoms with E-state index in [0.717, 1.165) is 30.6 Å². The first-order chi connectivity index (χ1) is 11.5. The number of rotatable bonds is 4. The number of anilines is 1. The Morgan fingerprint density at radius 1 is 1.42 bits per heavy atom. The number of esters is 1. The predicted molar refractivity (Wildman–Crippen MR) is 91.1 cm³/mol. The van der Waals surface area contributed by atoms with Gasteiger partial charge in [-0.3, -0.25) is 0 Å². The Bertz CT molecular complexity index is 797. The molecule has 2 aliphatic rings. The second-order valence-corrected chi connectivity index (χ2v) is 7.41. The van der Waals surface area contributed by atoms with E-state index in [2.05, 4.69) is 30.8 Å². The fraction of sp³-hybridized carbons (Fsp3) is 0.611. The summed E-state index contributed by atoms with van der Waals surface area (Å²) in [6, 6.07) is 2.52. The number of hydrogen-bond acceptors (Lipinski definition) is 5. The van der Waals surface area contributed by atoms with Gasteiger partial charge in [-0.05, 0) is 36.7 Å². The summed E-state index contributed by atoms with van der Waals surface area (Å²) in [5.74, 6) is 2.06. The molecule has 3 atom stereocenters. The van der Waals surface area contributed by atoms with Crippen molar-refractivity contribution in [3.05, 3.63) is 24.0 Å². The van der Waals surface area contributed by atoms with E-state index in [1.54, 1.807) is 11.4 Å². The van der Waals surface area contributed by atoms with Crippen LogP contribution in [0.15, 0.2) is 18.5 Å². The van der Waals surface area contributed by atoms with Gasteiger partial charge in [-0.25, -0.2) is 14.3 Å². The highest BCUT2D eigenvalue weighted by Crippen LogP contribution is 2.65. The Hall–Kier alpha value is -2.11. The molecule has 0 radical (unpaired) electrons. The molecule has 0 amide bonds. The fourth-order valence-electron chi connectivity index (χ4n) is 4.55. The SMILES string of the molecule is CCOC(=O)c1cnn2ccc(N3CC4C(C3CC)C4(C)C)nc12. The quantitative estimate of drug-likeness (QED) is 0.808. The highest BCUT2D eigenvalue weighted by atomic mass is 16.5. The van der Waals surface area contributed by atoms with Crippen LogP contribution in [-0.4, -0.2) is 39.8 Å². The smallest absolute Gasteiger partial charge is 0.343 e. The van der Waals surface area contributed by atoms with Crippen LogP contribution in [0, 0.1) is 17.3 Å². The third-order valence-electron chi connectivity index (χ3n) is 5.91. The molecule has 1 aliphatic heterocycles. The minimum Gasteiger partial charge on any atom is -0.462 e. The maximum absolute atomic E-state index is 12.1. The van der Waals surface area contributed by atoms with Gasteiger partial charge in [0.15, 0.2) is 5.65 Å². The van der Waals surface area contributed by atoms with E-state index in [0.29, 0.717) is 29.3 Å². The molecule has 0 spiro atoms. The second kappa shape index (κ2) is 5.19. The van der Waals surface area contributed by atoms with Crippen LogP contribution in [0.1, 0.15) is 44.5 Å². The zero-order valence-corrected chi connectivity index (χ0v) is 14.7. The number of ether oxygens (including phenoxy) is 1. The molecule has 6 nitrogen and oxygen atoms in total. The molecule has 0 bridgehead atoms. The molecular weight excluding hydrogens is 304 g/mol. The van der Waals surface area contributed by atoms with E-state index in [1.807, 2.05) is 12.3 Å². The van der Waals surface area contributed by atoms with Gasteiger partial charge in [-0.1, -0.05) is 20.8 Å². The van der Waals surface area contributed by atoms with E-state index >= 15 is 0 Å². The van der Waals surface area contributed by atoms with Gasteiger partial charge in [0.1, 0.15) is 11.4 Å². The van der Waals surface area contributed by atoms with Gasteiger partial charge in [0.05, 0.1) is 12.8 Å². The van der Waals surface area contributed by atoms with Gasteiger partial charge < -0.3 is 9.64 Å². The molecule has 2 fully saturated rings. The van der Waals surface area contributed by atoms with Crippen molar-refractivity contribution in [1.82, 2.24) is 14.6 Å². The number of hydrogen-bond donors (Lipinski definition) is 0. The first kappa shape index (κ1) is 15.4. The lowest BCUT2D eigenvalue weighted by molar-refractivity contribution is 0.0528. The standard InChI is InChI=1S/C18H24N4O2/c1-5-13-15-12(18(15,3)4)10-21(13)14-7-8-22-16(20-14)11(9-19-22)17(23)24-6-2/h7-9,12-13,15H,5-6,10H2,1-4H3. The minimum absolute atomic E-state index is 0.346. The molecule has 4 rings (SSSR count). The van der Waals surface area contributed by atoms with Crippen LogP contribution < -0.4 is 4.90 Å². The van der Waals surface area contributed by atoms with E-state index in [-0.39, 0.29) is 5.97 Å². The van der Waals surface area contributed by atoms with Gasteiger partial charge in [0, 0.05) is 18.8 Å². The van der Waals surface area contributed by atoms with Crippen molar-refractivity contribution in [2.45, 2.75) is 40.2 Å². The first-order valence-corrected chi connectivity index (χ1v) is 8.77. The highest BCUT2D eigenvalue weighted by Gasteiger charge is 2.66. The van der Waals surface area contributed by atoms with Crippen LogP contribution in [0.2, 0.25) is 0 Å². The van der Waals surface area contributed by atoms with Crippen molar-refractivity contribution in [2.24, 2.45) is 17.3 Å². The van der Waals surface area contributed by atoms with Crippen LogP contribution in [0.3, 0.4) is 0 Å². The molecular formula is C18H24N4O2. The summed E-state index contributed by atoms with van der Waals surface area (Å²) in [4.78, 5) is 19.2. The normalized spacial score (nSPS) is 27.3. The van der Waals surface area contributed by atoms with Gasteiger partial charge in [-0.15, -0.1) is 0 Å². The predicted octanol–water partition coefficient (Wildman–Crippen LogP) is 2.78. The maximum Gasteiger partial charge on any atom is 0.343 e. The molecule has 2 aromatic heterocycles. The van der Waals surface area contributed by atoms with Crippen LogP contribution in [0.25, 0.3) is 5.65 Å². The maximum atomic E-state index is 12.1. The molecule has 0 aromatic carbocycles. The van der Waals surface area contributed by atoms with Crippen molar-refractivity contribution in [3.8, 4) is 0 Å². The minimum atomic E-state index is -0.366. The molecule has 1 saturated carbocycles. The second-order valence-electron chi connectivity index (χ2n) is 7.41. The molecule has 2 aromatic rings. The summed E-state index contributed by atoms with van der Waals surface area (Å²) >= 11 is 0. The Labute approximate surface area is 141 Å². The van der Waals surface area contributed by atoms with Gasteiger partial charge in [0.25, 0.3) is 0 Å². The van der Waals surface area contributed by atoms with Gasteiger partial charge >= 0.3 is 5.97 Å². The number of piperidine rings is 1. The largest absolute Gasteiger partial charge is 0.462 e. The van der Waals surface area contributed by atoms with Crippen molar-refractivity contribution in [1.29, 1.82) is 0 Å². The molecule has 6 heteroatoms. The van der Waals surface area contributed by atoms with Crippen molar-refractivity contribution >= 4 is 17.4 Å². The average Bonchev–Trinajstić information content (AvgIpc) is 2.95. The lowest BCUT2D eigenvalue weighted by Crippen LogP contribution is -2.36. The van der Waals surface area contributed by atoms with Crippen molar-refractivity contribution in [3.63, 3.8) is 0 Å². The number of fused-ring (bicyclic) bond motifs is 2. The number of carbonyl (C=O) groups is 1. The van der Waals surface area contributed by atoms with Crippen molar-refractivity contribution in [2.75, 3.05) is 18.1 Å². The summed E-state index contributed by atoms with van der Waals surface area (Å²) in [5, 5.41) is 4.21. The van der Waals surface area contributed by atoms with E-state index in [4.69, 9.17) is 9.72 Å². The molecule has 0 N–H and O–H groups in total. The zero-order valence-electron chi connectivity index (χ0n) is 14.7. The van der Waals surface area contributed by atoms with E-state index < -0.39 is 0 Å². The molecule has 3 unspecified atom stereocenters. The summed E-state index contributed by atoms with van der Waals surface area (Å²) < 4.78 is 6.74. The Morgan fingerprint density at radius 3 is 2.92 bits per heavy atom. The van der Waals surface area contributed by atoms with Crippen LogP contribution >= 0.6 is 0 Å².